The Bertz CT molecular complexity index is 1770. The number of Topliss-reactive ketones (excluding diaryl/α,β-unsaturated/α-hetero) is 1. The van der Waals surface area contributed by atoms with Gasteiger partial charge in [-0.25, -0.2) is 9.80 Å². The van der Waals surface area contributed by atoms with Gasteiger partial charge in [-0.15, -0.1) is 0 Å². The standard InChI is InChI=1S/C31H21Br2Cl2N3O8/c32-26-20-12-21(27(26)33)25-24(20)29(41)37(30(25)42)36(28(40)15-1-6-17(7-2-15)38(44)45)13-23(39)14-3-8-18(9-4-14)46-31(43)19-10-5-16(34)11-22(19)35/h1-11,20-21,24-27H,12-13H2/t20-,21-,24-,25-,26+,27+/m1/s1. The molecule has 1 saturated heterocycles. The van der Waals surface area contributed by atoms with E-state index in [0.29, 0.717) is 11.4 Å². The van der Waals surface area contributed by atoms with Crippen LogP contribution in [0.4, 0.5) is 5.69 Å². The van der Waals surface area contributed by atoms with Crippen LogP contribution in [0.25, 0.3) is 0 Å². The number of amides is 3. The topological polar surface area (TPSA) is 144 Å². The van der Waals surface area contributed by atoms with Crippen LogP contribution in [0.15, 0.2) is 66.7 Å². The minimum atomic E-state index is -0.853. The number of benzene rings is 3. The van der Waals surface area contributed by atoms with Crippen molar-refractivity contribution in [1.82, 2.24) is 10.0 Å². The van der Waals surface area contributed by atoms with E-state index in [4.69, 9.17) is 27.9 Å². The third kappa shape index (κ3) is 5.63. The van der Waals surface area contributed by atoms with Crippen molar-refractivity contribution in [3.8, 4) is 5.75 Å². The molecule has 2 aliphatic carbocycles. The lowest BCUT2D eigenvalue weighted by Crippen LogP contribution is -2.52. The van der Waals surface area contributed by atoms with Crippen molar-refractivity contribution in [3.63, 3.8) is 0 Å². The van der Waals surface area contributed by atoms with Crippen molar-refractivity contribution in [2.75, 3.05) is 6.54 Å². The van der Waals surface area contributed by atoms with Crippen molar-refractivity contribution < 1.29 is 33.6 Å². The highest BCUT2D eigenvalue weighted by molar-refractivity contribution is 9.12. The molecule has 3 fully saturated rings. The van der Waals surface area contributed by atoms with Crippen molar-refractivity contribution in [2.45, 2.75) is 16.1 Å². The molecule has 3 aromatic rings. The molecule has 11 nitrogen and oxygen atoms in total. The zero-order valence-corrected chi connectivity index (χ0v) is 28.0. The van der Waals surface area contributed by atoms with Crippen LogP contribution >= 0.6 is 55.1 Å². The molecule has 6 atom stereocenters. The lowest BCUT2D eigenvalue weighted by molar-refractivity contribution is -0.384. The Morgan fingerprint density at radius 1 is 0.891 bits per heavy atom. The van der Waals surface area contributed by atoms with E-state index in [1.165, 1.54) is 54.6 Å². The first kappa shape index (κ1) is 32.3. The highest BCUT2D eigenvalue weighted by atomic mass is 79.9. The second-order valence-electron chi connectivity index (χ2n) is 11.1. The van der Waals surface area contributed by atoms with Gasteiger partial charge in [0.2, 0.25) is 0 Å². The van der Waals surface area contributed by atoms with Crippen molar-refractivity contribution in [1.29, 1.82) is 0 Å². The number of esters is 1. The molecule has 2 saturated carbocycles. The van der Waals surface area contributed by atoms with E-state index in [1.807, 2.05) is 0 Å². The maximum absolute atomic E-state index is 13.8. The first-order chi connectivity index (χ1) is 21.9. The number of rotatable bonds is 8. The molecule has 46 heavy (non-hydrogen) atoms. The number of ether oxygens (including phenoxy) is 1. The van der Waals surface area contributed by atoms with Crippen LogP contribution in [0.1, 0.15) is 37.5 Å². The number of nitro benzene ring substituents is 1. The number of carbonyl (C=O) groups is 5. The van der Waals surface area contributed by atoms with Crippen molar-refractivity contribution >= 4 is 90.2 Å². The summed E-state index contributed by atoms with van der Waals surface area (Å²) in [6.45, 7) is -0.683. The molecular weight excluding hydrogens is 773 g/mol. The number of alkyl halides is 2. The molecule has 0 spiro atoms. The predicted molar refractivity (Wildman–Crippen MR) is 172 cm³/mol. The zero-order chi connectivity index (χ0) is 33.0. The van der Waals surface area contributed by atoms with E-state index in [-0.39, 0.29) is 54.6 Å². The molecular formula is C31H21Br2Cl2N3O8. The number of imide groups is 1. The lowest BCUT2D eigenvalue weighted by atomic mass is 9.81. The van der Waals surface area contributed by atoms with Crippen LogP contribution in [0.5, 0.6) is 5.75 Å². The molecule has 3 aliphatic rings. The summed E-state index contributed by atoms with van der Waals surface area (Å²) in [5, 5.41) is 13.2. The van der Waals surface area contributed by atoms with E-state index in [1.54, 1.807) is 0 Å². The zero-order valence-electron chi connectivity index (χ0n) is 23.3. The van der Waals surface area contributed by atoms with Gasteiger partial charge in [-0.3, -0.25) is 29.3 Å². The summed E-state index contributed by atoms with van der Waals surface area (Å²) < 4.78 is 5.36. The van der Waals surface area contributed by atoms with Crippen LogP contribution in [0.3, 0.4) is 0 Å². The first-order valence-corrected chi connectivity index (χ1v) is 16.5. The second kappa shape index (κ2) is 12.5. The fourth-order valence-corrected chi connectivity index (χ4v) is 8.79. The van der Waals surface area contributed by atoms with Gasteiger partial charge in [-0.05, 0) is 72.9 Å². The summed E-state index contributed by atoms with van der Waals surface area (Å²) in [5.74, 6) is -4.83. The number of non-ortho nitro benzene ring substituents is 1. The molecule has 0 aromatic heterocycles. The fraction of sp³-hybridized carbons (Fsp3) is 0.258. The Hall–Kier alpha value is -3.65. The third-order valence-electron chi connectivity index (χ3n) is 8.60. The van der Waals surface area contributed by atoms with Crippen LogP contribution in [-0.2, 0) is 9.59 Å². The number of carbonyl (C=O) groups excluding carboxylic acids is 5. The number of nitrogens with zero attached hydrogens (tertiary/aromatic N) is 3. The van der Waals surface area contributed by atoms with Crippen LogP contribution in [0, 0.1) is 33.8 Å². The summed E-state index contributed by atoms with van der Waals surface area (Å²) >= 11 is 19.2. The van der Waals surface area contributed by atoms with E-state index in [0.717, 1.165) is 22.2 Å². The molecule has 3 aromatic carbocycles. The highest BCUT2D eigenvalue weighted by Crippen LogP contribution is 2.60. The number of fused-ring (bicyclic) bond motifs is 5. The highest BCUT2D eigenvalue weighted by Gasteiger charge is 2.67. The Balaban J connectivity index is 1.25. The average Bonchev–Trinajstić information content (AvgIpc) is 3.64. The smallest absolute Gasteiger partial charge is 0.345 e. The number of halogens is 4. The van der Waals surface area contributed by atoms with Gasteiger partial charge >= 0.3 is 5.97 Å². The van der Waals surface area contributed by atoms with E-state index < -0.39 is 52.8 Å². The average molecular weight is 794 g/mol. The first-order valence-electron chi connectivity index (χ1n) is 13.9. The SMILES string of the molecule is O=C(CN(C(=O)c1ccc([N+](=O)[O-])cc1)N1C(=O)[C@@H]2[C@H]3C[C@@H]([C@H](Br)[C@H]3Br)[C@H]2C1=O)c1ccc(OC(=O)c2ccc(Cl)cc2Cl)cc1. The summed E-state index contributed by atoms with van der Waals surface area (Å²) in [6, 6.07) is 14.4. The summed E-state index contributed by atoms with van der Waals surface area (Å²) in [6.07, 6.45) is 0.670. The Morgan fingerprint density at radius 2 is 1.46 bits per heavy atom. The quantitative estimate of drug-likeness (QED) is 0.0504. The van der Waals surface area contributed by atoms with Crippen LogP contribution in [0.2, 0.25) is 10.0 Å². The monoisotopic (exact) mass is 791 g/mol. The minimum Gasteiger partial charge on any atom is -0.423 e. The summed E-state index contributed by atoms with van der Waals surface area (Å²) in [4.78, 5) is 78.0. The molecule has 0 N–H and O–H groups in total. The Morgan fingerprint density at radius 3 is 2.00 bits per heavy atom. The molecule has 2 bridgehead atoms. The normalized spacial score (nSPS) is 24.6. The molecule has 0 radical (unpaired) electrons. The number of hydrogen-bond donors (Lipinski definition) is 0. The largest absolute Gasteiger partial charge is 0.423 e. The van der Waals surface area contributed by atoms with Gasteiger partial charge in [-0.2, -0.15) is 5.01 Å². The minimum absolute atomic E-state index is 0.0424. The van der Waals surface area contributed by atoms with E-state index in [9.17, 15) is 34.1 Å². The van der Waals surface area contributed by atoms with Gasteiger partial charge in [0.25, 0.3) is 23.4 Å². The van der Waals surface area contributed by atoms with Crippen molar-refractivity contribution in [2.24, 2.45) is 23.7 Å². The Labute approximate surface area is 288 Å². The molecule has 15 heteroatoms. The predicted octanol–water partition coefficient (Wildman–Crippen LogP) is 6.14. The van der Waals surface area contributed by atoms with E-state index >= 15 is 0 Å². The van der Waals surface area contributed by atoms with Gasteiger partial charge in [-0.1, -0.05) is 55.1 Å². The molecule has 236 valence electrons. The van der Waals surface area contributed by atoms with Gasteiger partial charge in [0.15, 0.2) is 5.78 Å². The number of hydrogen-bond acceptors (Lipinski definition) is 8. The van der Waals surface area contributed by atoms with Crippen LogP contribution < -0.4 is 4.74 Å². The lowest BCUT2D eigenvalue weighted by Gasteiger charge is -2.30. The van der Waals surface area contributed by atoms with E-state index in [2.05, 4.69) is 31.9 Å². The molecule has 1 heterocycles. The molecule has 3 amide bonds. The van der Waals surface area contributed by atoms with Crippen LogP contribution in [-0.4, -0.2) is 60.6 Å². The maximum atomic E-state index is 13.8. The van der Waals surface area contributed by atoms with Gasteiger partial charge in [0.1, 0.15) is 12.3 Å². The molecule has 0 unspecified atom stereocenters. The number of ketones is 1. The van der Waals surface area contributed by atoms with Gasteiger partial charge < -0.3 is 4.74 Å². The summed E-state index contributed by atoms with van der Waals surface area (Å²) in [7, 11) is 0. The Kier molecular flexibility index (Phi) is 8.79. The summed E-state index contributed by atoms with van der Waals surface area (Å²) in [5.41, 5.74) is -0.128. The number of nitro groups is 1. The second-order valence-corrected chi connectivity index (χ2v) is 14.1. The fourth-order valence-electron chi connectivity index (χ4n) is 6.43. The number of hydrazine groups is 1. The third-order valence-corrected chi connectivity index (χ3v) is 12.4. The van der Waals surface area contributed by atoms with Gasteiger partial charge in [0, 0.05) is 37.9 Å². The van der Waals surface area contributed by atoms with Gasteiger partial charge in [0.05, 0.1) is 27.3 Å². The van der Waals surface area contributed by atoms with Crippen molar-refractivity contribution in [3.05, 3.63) is 104 Å². The molecule has 1 aliphatic heterocycles. The molecule has 6 rings (SSSR count). The maximum Gasteiger partial charge on any atom is 0.345 e.